The fourth-order valence-electron chi connectivity index (χ4n) is 3.00. The van der Waals surface area contributed by atoms with Crippen molar-refractivity contribution in [1.29, 1.82) is 0 Å². The van der Waals surface area contributed by atoms with Gasteiger partial charge in [-0.15, -0.1) is 0 Å². The summed E-state index contributed by atoms with van der Waals surface area (Å²) in [5, 5.41) is 3.44. The Kier molecular flexibility index (Phi) is 6.46. The van der Waals surface area contributed by atoms with Gasteiger partial charge in [0.25, 0.3) is 0 Å². The molecule has 0 unspecified atom stereocenters. The lowest BCUT2D eigenvalue weighted by Crippen LogP contribution is -2.43. The molecule has 1 aliphatic heterocycles. The Labute approximate surface area is 129 Å². The number of pyridine rings is 1. The smallest absolute Gasteiger partial charge is 0.0564 e. The minimum Gasteiger partial charge on any atom is -0.385 e. The topological polar surface area (TPSA) is 31.4 Å². The largest absolute Gasteiger partial charge is 0.385 e. The Bertz CT molecular complexity index is 413. The monoisotopic (exact) mass is 290 g/mol. The van der Waals surface area contributed by atoms with Crippen molar-refractivity contribution in [1.82, 2.24) is 14.8 Å². The van der Waals surface area contributed by atoms with E-state index in [0.717, 1.165) is 25.2 Å². The second-order valence-corrected chi connectivity index (χ2v) is 6.04. The maximum atomic E-state index is 4.52. The molecule has 4 heteroatoms. The molecule has 0 bridgehead atoms. The van der Waals surface area contributed by atoms with Gasteiger partial charge in [0.05, 0.1) is 5.69 Å². The van der Waals surface area contributed by atoms with Gasteiger partial charge in [-0.1, -0.05) is 13.8 Å². The number of nitrogens with one attached hydrogen (secondary N) is 1. The molecule has 0 amide bonds. The van der Waals surface area contributed by atoms with E-state index in [0.29, 0.717) is 6.04 Å². The number of nitrogens with zero attached hydrogens (tertiary/aromatic N) is 3. The standard InChI is InChI=1S/C17H30N4/c1-4-9-18-15-6-10-19-16(13-15)14-20(3)17-7-11-21(5-2)12-8-17/h6,10,13,17H,4-5,7-9,11-12,14H2,1-3H3,(H,18,19). The number of hydrogen-bond acceptors (Lipinski definition) is 4. The minimum atomic E-state index is 0.696. The lowest BCUT2D eigenvalue weighted by molar-refractivity contribution is 0.126. The molecule has 1 aromatic rings. The quantitative estimate of drug-likeness (QED) is 0.837. The second kappa shape index (κ2) is 8.35. The molecule has 0 radical (unpaired) electrons. The van der Waals surface area contributed by atoms with E-state index in [4.69, 9.17) is 0 Å². The third kappa shape index (κ3) is 4.97. The Morgan fingerprint density at radius 3 is 2.76 bits per heavy atom. The number of piperidine rings is 1. The Morgan fingerprint density at radius 2 is 2.10 bits per heavy atom. The van der Waals surface area contributed by atoms with E-state index in [1.54, 1.807) is 0 Å². The molecule has 1 aromatic heterocycles. The average Bonchev–Trinajstić information content (AvgIpc) is 2.53. The van der Waals surface area contributed by atoms with Gasteiger partial charge in [-0.25, -0.2) is 0 Å². The van der Waals surface area contributed by atoms with Gasteiger partial charge in [0.2, 0.25) is 0 Å². The average molecular weight is 290 g/mol. The van der Waals surface area contributed by atoms with Gasteiger partial charge in [0, 0.05) is 31.0 Å². The van der Waals surface area contributed by atoms with Crippen LogP contribution < -0.4 is 5.32 Å². The predicted octanol–water partition coefficient (Wildman–Crippen LogP) is 2.82. The normalized spacial score (nSPS) is 17.3. The minimum absolute atomic E-state index is 0.696. The third-order valence-corrected chi connectivity index (χ3v) is 4.43. The fourth-order valence-corrected chi connectivity index (χ4v) is 3.00. The summed E-state index contributed by atoms with van der Waals surface area (Å²) in [6.07, 6.45) is 5.62. The molecule has 0 aliphatic carbocycles. The van der Waals surface area contributed by atoms with Crippen molar-refractivity contribution in [3.8, 4) is 0 Å². The van der Waals surface area contributed by atoms with Crippen LogP contribution in [0.3, 0.4) is 0 Å². The van der Waals surface area contributed by atoms with Crippen molar-refractivity contribution in [2.75, 3.05) is 38.5 Å². The van der Waals surface area contributed by atoms with Crippen molar-refractivity contribution in [2.24, 2.45) is 0 Å². The van der Waals surface area contributed by atoms with E-state index in [1.165, 1.54) is 38.2 Å². The Balaban J connectivity index is 1.86. The van der Waals surface area contributed by atoms with Crippen LogP contribution >= 0.6 is 0 Å². The van der Waals surface area contributed by atoms with Crippen LogP contribution in [0, 0.1) is 0 Å². The van der Waals surface area contributed by atoms with Crippen molar-refractivity contribution in [2.45, 2.75) is 45.7 Å². The molecule has 1 aliphatic rings. The first-order valence-corrected chi connectivity index (χ1v) is 8.34. The highest BCUT2D eigenvalue weighted by Gasteiger charge is 2.21. The van der Waals surface area contributed by atoms with Gasteiger partial charge in [-0.2, -0.15) is 0 Å². The zero-order valence-electron chi connectivity index (χ0n) is 13.8. The highest BCUT2D eigenvalue weighted by molar-refractivity contribution is 5.43. The fraction of sp³-hybridized carbons (Fsp3) is 0.706. The zero-order chi connectivity index (χ0) is 15.1. The molecule has 21 heavy (non-hydrogen) atoms. The Morgan fingerprint density at radius 1 is 1.33 bits per heavy atom. The van der Waals surface area contributed by atoms with E-state index in [-0.39, 0.29) is 0 Å². The highest BCUT2D eigenvalue weighted by atomic mass is 15.2. The molecule has 0 saturated carbocycles. The summed E-state index contributed by atoms with van der Waals surface area (Å²) >= 11 is 0. The van der Waals surface area contributed by atoms with E-state index in [1.807, 2.05) is 6.20 Å². The zero-order valence-corrected chi connectivity index (χ0v) is 13.8. The summed E-state index contributed by atoms with van der Waals surface area (Å²) in [4.78, 5) is 9.53. The van der Waals surface area contributed by atoms with Crippen LogP contribution in [0.15, 0.2) is 18.3 Å². The molecule has 0 spiro atoms. The lowest BCUT2D eigenvalue weighted by atomic mass is 10.0. The number of anilines is 1. The molecular formula is C17H30N4. The molecule has 2 heterocycles. The summed E-state index contributed by atoms with van der Waals surface area (Å²) in [5.41, 5.74) is 2.35. The van der Waals surface area contributed by atoms with Gasteiger partial charge >= 0.3 is 0 Å². The van der Waals surface area contributed by atoms with Crippen LogP contribution in [0.2, 0.25) is 0 Å². The predicted molar refractivity (Wildman–Crippen MR) is 89.6 cm³/mol. The van der Waals surface area contributed by atoms with Crippen LogP contribution in [-0.2, 0) is 6.54 Å². The number of hydrogen-bond donors (Lipinski definition) is 1. The summed E-state index contributed by atoms with van der Waals surface area (Å²) in [6, 6.07) is 4.94. The second-order valence-electron chi connectivity index (χ2n) is 6.04. The van der Waals surface area contributed by atoms with Crippen molar-refractivity contribution in [3.05, 3.63) is 24.0 Å². The van der Waals surface area contributed by atoms with Gasteiger partial charge < -0.3 is 10.2 Å². The molecule has 2 rings (SSSR count). The van der Waals surface area contributed by atoms with Gasteiger partial charge in [0.1, 0.15) is 0 Å². The maximum Gasteiger partial charge on any atom is 0.0564 e. The Hall–Kier alpha value is -1.13. The molecular weight excluding hydrogens is 260 g/mol. The highest BCUT2D eigenvalue weighted by Crippen LogP contribution is 2.17. The van der Waals surface area contributed by atoms with Crippen LogP contribution in [0.1, 0.15) is 38.8 Å². The molecule has 1 saturated heterocycles. The van der Waals surface area contributed by atoms with E-state index < -0.39 is 0 Å². The van der Waals surface area contributed by atoms with E-state index in [9.17, 15) is 0 Å². The first-order chi connectivity index (χ1) is 10.2. The molecule has 1 N–H and O–H groups in total. The third-order valence-electron chi connectivity index (χ3n) is 4.43. The van der Waals surface area contributed by atoms with E-state index in [2.05, 4.69) is 53.1 Å². The van der Waals surface area contributed by atoms with E-state index >= 15 is 0 Å². The maximum absolute atomic E-state index is 4.52. The molecule has 0 aromatic carbocycles. The first-order valence-electron chi connectivity index (χ1n) is 8.34. The van der Waals surface area contributed by atoms with Crippen LogP contribution in [-0.4, -0.2) is 54.1 Å². The summed E-state index contributed by atoms with van der Waals surface area (Å²) in [6.45, 7) is 10.1. The first kappa shape index (κ1) is 16.2. The summed E-state index contributed by atoms with van der Waals surface area (Å²) in [7, 11) is 2.24. The van der Waals surface area contributed by atoms with Crippen molar-refractivity contribution < 1.29 is 0 Å². The van der Waals surface area contributed by atoms with Crippen molar-refractivity contribution in [3.63, 3.8) is 0 Å². The number of rotatable bonds is 7. The summed E-state index contributed by atoms with van der Waals surface area (Å²) < 4.78 is 0. The molecule has 0 atom stereocenters. The lowest BCUT2D eigenvalue weighted by Gasteiger charge is -2.36. The van der Waals surface area contributed by atoms with Gasteiger partial charge in [-0.3, -0.25) is 9.88 Å². The van der Waals surface area contributed by atoms with Crippen molar-refractivity contribution >= 4 is 5.69 Å². The van der Waals surface area contributed by atoms with Crippen LogP contribution in [0.25, 0.3) is 0 Å². The summed E-state index contributed by atoms with van der Waals surface area (Å²) in [5.74, 6) is 0. The van der Waals surface area contributed by atoms with Gasteiger partial charge in [0.15, 0.2) is 0 Å². The SMILES string of the molecule is CCCNc1ccnc(CN(C)C2CCN(CC)CC2)c1. The molecule has 4 nitrogen and oxygen atoms in total. The molecule has 118 valence electrons. The number of likely N-dealkylation sites (tertiary alicyclic amines) is 1. The van der Waals surface area contributed by atoms with Gasteiger partial charge in [-0.05, 0) is 58.1 Å². The van der Waals surface area contributed by atoms with Crippen LogP contribution in [0.5, 0.6) is 0 Å². The number of aromatic nitrogens is 1. The molecule has 1 fully saturated rings. The van der Waals surface area contributed by atoms with Crippen LogP contribution in [0.4, 0.5) is 5.69 Å².